The lowest BCUT2D eigenvalue weighted by Crippen LogP contribution is -1.95. The first kappa shape index (κ1) is 9.91. The van der Waals surface area contributed by atoms with Crippen LogP contribution in [0.25, 0.3) is 11.5 Å². The average molecular weight is 234 g/mol. The fourth-order valence-electron chi connectivity index (χ4n) is 1.74. The van der Waals surface area contributed by atoms with Gasteiger partial charge in [-0.25, -0.2) is 4.98 Å². The number of aromatic nitrogens is 1. The highest BCUT2D eigenvalue weighted by Gasteiger charge is 2.42. The number of halogens is 1. The summed E-state index contributed by atoms with van der Waals surface area (Å²) in [6, 6.07) is 7.57. The number of benzene rings is 1. The smallest absolute Gasteiger partial charge is 0.226 e. The SMILES string of the molecule is CC1(c2cnc(-c3cccc(Cl)c3)o2)CC1. The van der Waals surface area contributed by atoms with Crippen molar-refractivity contribution in [3.8, 4) is 11.5 Å². The minimum atomic E-state index is 0.226. The lowest BCUT2D eigenvalue weighted by Gasteiger charge is -2.01. The first-order valence-corrected chi connectivity index (χ1v) is 5.77. The maximum atomic E-state index is 5.93. The Morgan fingerprint density at radius 1 is 1.38 bits per heavy atom. The Morgan fingerprint density at radius 3 is 2.88 bits per heavy atom. The van der Waals surface area contributed by atoms with Crippen LogP contribution in [-0.4, -0.2) is 4.98 Å². The standard InChI is InChI=1S/C13H12ClNO/c1-13(5-6-13)11-8-15-12(16-11)9-3-2-4-10(14)7-9/h2-4,7-8H,5-6H2,1H3. The van der Waals surface area contributed by atoms with Crippen molar-refractivity contribution in [2.75, 3.05) is 0 Å². The van der Waals surface area contributed by atoms with Crippen molar-refractivity contribution in [2.24, 2.45) is 0 Å². The third kappa shape index (κ3) is 1.63. The number of rotatable bonds is 2. The third-order valence-corrected chi connectivity index (χ3v) is 3.41. The summed E-state index contributed by atoms with van der Waals surface area (Å²) in [5.74, 6) is 1.65. The maximum Gasteiger partial charge on any atom is 0.226 e. The van der Waals surface area contributed by atoms with Crippen molar-refractivity contribution in [3.05, 3.63) is 41.2 Å². The molecule has 1 heterocycles. The van der Waals surface area contributed by atoms with E-state index in [0.29, 0.717) is 10.9 Å². The Hall–Kier alpha value is -1.28. The van der Waals surface area contributed by atoms with Crippen LogP contribution in [0.5, 0.6) is 0 Å². The average Bonchev–Trinajstić information content (AvgIpc) is 2.83. The van der Waals surface area contributed by atoms with Crippen LogP contribution in [0.15, 0.2) is 34.9 Å². The van der Waals surface area contributed by atoms with E-state index in [4.69, 9.17) is 16.0 Å². The fraction of sp³-hybridized carbons (Fsp3) is 0.308. The zero-order valence-electron chi connectivity index (χ0n) is 9.03. The van der Waals surface area contributed by atoms with Gasteiger partial charge in [-0.05, 0) is 31.0 Å². The van der Waals surface area contributed by atoms with Gasteiger partial charge in [0.1, 0.15) is 5.76 Å². The molecule has 0 radical (unpaired) electrons. The zero-order valence-corrected chi connectivity index (χ0v) is 9.79. The van der Waals surface area contributed by atoms with E-state index in [2.05, 4.69) is 11.9 Å². The molecule has 0 spiro atoms. The van der Waals surface area contributed by atoms with Crippen LogP contribution in [0.1, 0.15) is 25.5 Å². The van der Waals surface area contributed by atoms with E-state index >= 15 is 0 Å². The van der Waals surface area contributed by atoms with Gasteiger partial charge in [0.15, 0.2) is 0 Å². The first-order valence-electron chi connectivity index (χ1n) is 5.40. The maximum absolute atomic E-state index is 5.93. The summed E-state index contributed by atoms with van der Waals surface area (Å²) in [5, 5.41) is 0.704. The molecular weight excluding hydrogens is 222 g/mol. The summed E-state index contributed by atoms with van der Waals surface area (Å²) < 4.78 is 5.78. The van der Waals surface area contributed by atoms with Crippen LogP contribution in [0.3, 0.4) is 0 Å². The highest BCUT2D eigenvalue weighted by atomic mass is 35.5. The largest absolute Gasteiger partial charge is 0.441 e. The van der Waals surface area contributed by atoms with E-state index < -0.39 is 0 Å². The molecule has 0 N–H and O–H groups in total. The Morgan fingerprint density at radius 2 is 2.19 bits per heavy atom. The Labute approximate surface area is 99.3 Å². The molecule has 16 heavy (non-hydrogen) atoms. The molecule has 0 saturated heterocycles. The van der Waals surface area contributed by atoms with Gasteiger partial charge in [-0.3, -0.25) is 0 Å². The highest BCUT2D eigenvalue weighted by molar-refractivity contribution is 6.30. The van der Waals surface area contributed by atoms with E-state index in [1.807, 2.05) is 30.5 Å². The van der Waals surface area contributed by atoms with E-state index in [-0.39, 0.29) is 5.41 Å². The van der Waals surface area contributed by atoms with Crippen LogP contribution < -0.4 is 0 Å². The molecule has 1 fully saturated rings. The number of hydrogen-bond donors (Lipinski definition) is 0. The van der Waals surface area contributed by atoms with E-state index in [9.17, 15) is 0 Å². The second-order valence-corrected chi connectivity index (χ2v) is 5.04. The summed E-state index contributed by atoms with van der Waals surface area (Å²) in [4.78, 5) is 4.31. The topological polar surface area (TPSA) is 26.0 Å². The molecule has 2 aromatic rings. The molecule has 0 bridgehead atoms. The van der Waals surface area contributed by atoms with Crippen molar-refractivity contribution in [2.45, 2.75) is 25.2 Å². The van der Waals surface area contributed by atoms with E-state index in [0.717, 1.165) is 11.3 Å². The highest BCUT2D eigenvalue weighted by Crippen LogP contribution is 2.48. The molecule has 2 nitrogen and oxygen atoms in total. The molecule has 1 aliphatic rings. The molecule has 0 amide bonds. The second-order valence-electron chi connectivity index (χ2n) is 4.60. The molecule has 1 saturated carbocycles. The van der Waals surface area contributed by atoms with Crippen molar-refractivity contribution < 1.29 is 4.42 Å². The first-order chi connectivity index (χ1) is 7.67. The summed E-state index contributed by atoms with van der Waals surface area (Å²) in [6.45, 7) is 2.20. The summed E-state index contributed by atoms with van der Waals surface area (Å²) in [6.07, 6.45) is 4.22. The third-order valence-electron chi connectivity index (χ3n) is 3.17. The summed E-state index contributed by atoms with van der Waals surface area (Å²) in [5.41, 5.74) is 1.16. The van der Waals surface area contributed by atoms with Gasteiger partial charge in [0.25, 0.3) is 0 Å². The molecule has 0 atom stereocenters. The van der Waals surface area contributed by atoms with Gasteiger partial charge in [-0.1, -0.05) is 24.6 Å². The predicted octanol–water partition coefficient (Wildman–Crippen LogP) is 4.05. The number of oxazole rings is 1. The molecular formula is C13H12ClNO. The molecule has 3 heteroatoms. The minimum Gasteiger partial charge on any atom is -0.441 e. The van der Waals surface area contributed by atoms with Crippen LogP contribution in [-0.2, 0) is 5.41 Å². The molecule has 1 aliphatic carbocycles. The van der Waals surface area contributed by atoms with Crippen molar-refractivity contribution in [1.29, 1.82) is 0 Å². The van der Waals surface area contributed by atoms with Gasteiger partial charge in [0.2, 0.25) is 5.89 Å². The molecule has 3 rings (SSSR count). The van der Waals surface area contributed by atoms with Gasteiger partial charge in [-0.15, -0.1) is 0 Å². The lowest BCUT2D eigenvalue weighted by atomic mass is 10.1. The molecule has 0 aliphatic heterocycles. The summed E-state index contributed by atoms with van der Waals surface area (Å²) in [7, 11) is 0. The Kier molecular flexibility index (Phi) is 2.08. The monoisotopic (exact) mass is 233 g/mol. The molecule has 0 unspecified atom stereocenters. The summed E-state index contributed by atoms with van der Waals surface area (Å²) >= 11 is 5.93. The molecule has 1 aromatic heterocycles. The molecule has 1 aromatic carbocycles. The van der Waals surface area contributed by atoms with E-state index in [1.165, 1.54) is 12.8 Å². The minimum absolute atomic E-state index is 0.226. The number of nitrogens with zero attached hydrogens (tertiary/aromatic N) is 1. The quantitative estimate of drug-likeness (QED) is 0.782. The normalized spacial score (nSPS) is 17.4. The van der Waals surface area contributed by atoms with Crippen molar-refractivity contribution in [3.63, 3.8) is 0 Å². The van der Waals surface area contributed by atoms with Gasteiger partial charge in [0, 0.05) is 16.0 Å². The van der Waals surface area contributed by atoms with Gasteiger partial charge in [-0.2, -0.15) is 0 Å². The fourth-order valence-corrected chi connectivity index (χ4v) is 1.93. The van der Waals surface area contributed by atoms with Crippen LogP contribution >= 0.6 is 11.6 Å². The van der Waals surface area contributed by atoms with Gasteiger partial charge in [0.05, 0.1) is 6.20 Å². The van der Waals surface area contributed by atoms with E-state index in [1.54, 1.807) is 0 Å². The van der Waals surface area contributed by atoms with Crippen LogP contribution in [0.2, 0.25) is 5.02 Å². The lowest BCUT2D eigenvalue weighted by molar-refractivity contribution is 0.474. The molecule has 82 valence electrons. The van der Waals surface area contributed by atoms with Gasteiger partial charge < -0.3 is 4.42 Å². The Balaban J connectivity index is 1.98. The second kappa shape index (κ2) is 3.36. The van der Waals surface area contributed by atoms with Crippen molar-refractivity contribution in [1.82, 2.24) is 4.98 Å². The number of hydrogen-bond acceptors (Lipinski definition) is 2. The van der Waals surface area contributed by atoms with Crippen LogP contribution in [0, 0.1) is 0 Å². The van der Waals surface area contributed by atoms with Crippen LogP contribution in [0.4, 0.5) is 0 Å². The van der Waals surface area contributed by atoms with Crippen molar-refractivity contribution >= 4 is 11.6 Å². The Bertz CT molecular complexity index is 528. The zero-order chi connectivity index (χ0) is 11.2. The van der Waals surface area contributed by atoms with Gasteiger partial charge >= 0.3 is 0 Å². The predicted molar refractivity (Wildman–Crippen MR) is 63.5 cm³/mol.